The molecule has 1 amide bonds. The second kappa shape index (κ2) is 10.6. The lowest BCUT2D eigenvalue weighted by atomic mass is 10.1. The number of amides is 1. The maximum absolute atomic E-state index is 12.5. The van der Waals surface area contributed by atoms with Crippen molar-refractivity contribution in [3.05, 3.63) is 64.1 Å². The van der Waals surface area contributed by atoms with Crippen LogP contribution in [0, 0.1) is 0 Å². The second-order valence-corrected chi connectivity index (χ2v) is 7.95. The largest absolute Gasteiger partial charge is 0.492 e. The summed E-state index contributed by atoms with van der Waals surface area (Å²) >= 11 is 3.41. The number of ether oxygens (including phenoxy) is 1. The number of likely N-dealkylation sites (tertiary alicyclic amines) is 1. The molecule has 1 aliphatic heterocycles. The second-order valence-electron chi connectivity index (χ2n) is 7.04. The van der Waals surface area contributed by atoms with E-state index in [4.69, 9.17) is 4.74 Å². The smallest absolute Gasteiger partial charge is 0.251 e. The lowest BCUT2D eigenvalue weighted by molar-refractivity contribution is 0.0916. The third kappa shape index (κ3) is 6.06. The van der Waals surface area contributed by atoms with Crippen LogP contribution in [0.4, 0.5) is 0 Å². The number of nitrogens with zero attached hydrogens (tertiary/aromatic N) is 1. The molecule has 1 unspecified atom stereocenters. The Balaban J connectivity index is 1.51. The first kappa shape index (κ1) is 20.8. The minimum absolute atomic E-state index is 0.167. The molecule has 0 aromatic heterocycles. The number of carbonyl (C=O) groups excluding carboxylic acids is 1. The normalized spacial score (nSPS) is 15.8. The van der Waals surface area contributed by atoms with Gasteiger partial charge in [-0.15, -0.1) is 0 Å². The Morgan fingerprint density at radius 2 is 1.89 bits per heavy atom. The van der Waals surface area contributed by atoms with Gasteiger partial charge in [-0.1, -0.05) is 34.5 Å². The van der Waals surface area contributed by atoms with Gasteiger partial charge < -0.3 is 15.2 Å². The third-order valence-corrected chi connectivity index (χ3v) is 5.47. The van der Waals surface area contributed by atoms with Gasteiger partial charge in [0.1, 0.15) is 12.4 Å². The molecule has 2 aromatic carbocycles. The van der Waals surface area contributed by atoms with Crippen molar-refractivity contribution in [2.45, 2.75) is 25.3 Å². The molecule has 150 valence electrons. The SMILES string of the molecule is O=C(NC(CO)c1cccc(Br)c1)c1ccc(OCCN2CCCCC2)cc1. The van der Waals surface area contributed by atoms with E-state index < -0.39 is 6.04 Å². The molecular weight excluding hydrogens is 420 g/mol. The number of halogens is 1. The highest BCUT2D eigenvalue weighted by Gasteiger charge is 2.15. The van der Waals surface area contributed by atoms with Crippen LogP contribution in [0.2, 0.25) is 0 Å². The average molecular weight is 447 g/mol. The van der Waals surface area contributed by atoms with Crippen LogP contribution < -0.4 is 10.1 Å². The fourth-order valence-electron chi connectivity index (χ4n) is 3.38. The summed E-state index contributed by atoms with van der Waals surface area (Å²) in [7, 11) is 0. The highest BCUT2D eigenvalue weighted by atomic mass is 79.9. The maximum Gasteiger partial charge on any atom is 0.251 e. The first-order valence-electron chi connectivity index (χ1n) is 9.78. The minimum Gasteiger partial charge on any atom is -0.492 e. The summed E-state index contributed by atoms with van der Waals surface area (Å²) < 4.78 is 6.72. The van der Waals surface area contributed by atoms with Crippen LogP contribution in [0.5, 0.6) is 5.75 Å². The number of hydrogen-bond donors (Lipinski definition) is 2. The molecule has 1 saturated heterocycles. The molecule has 2 N–H and O–H groups in total. The molecule has 0 radical (unpaired) electrons. The van der Waals surface area contributed by atoms with Crippen molar-refractivity contribution >= 4 is 21.8 Å². The number of nitrogens with one attached hydrogen (secondary N) is 1. The van der Waals surface area contributed by atoms with Gasteiger partial charge in [-0.25, -0.2) is 0 Å². The van der Waals surface area contributed by atoms with Crippen molar-refractivity contribution in [3.8, 4) is 5.75 Å². The summed E-state index contributed by atoms with van der Waals surface area (Å²) in [6, 6.07) is 14.2. The summed E-state index contributed by atoms with van der Waals surface area (Å²) in [5.74, 6) is 0.540. The molecule has 0 bridgehead atoms. The Labute approximate surface area is 174 Å². The van der Waals surface area contributed by atoms with E-state index in [-0.39, 0.29) is 12.5 Å². The fraction of sp³-hybridized carbons (Fsp3) is 0.409. The minimum atomic E-state index is -0.453. The zero-order chi connectivity index (χ0) is 19.8. The van der Waals surface area contributed by atoms with Gasteiger partial charge >= 0.3 is 0 Å². The van der Waals surface area contributed by atoms with Crippen molar-refractivity contribution < 1.29 is 14.6 Å². The van der Waals surface area contributed by atoms with Crippen molar-refractivity contribution in [1.29, 1.82) is 0 Å². The van der Waals surface area contributed by atoms with E-state index in [9.17, 15) is 9.90 Å². The zero-order valence-electron chi connectivity index (χ0n) is 15.9. The van der Waals surface area contributed by atoms with E-state index in [1.165, 1.54) is 19.3 Å². The number of piperidine rings is 1. The number of carbonyl (C=O) groups is 1. The summed E-state index contributed by atoms with van der Waals surface area (Å²) in [6.07, 6.45) is 3.89. The van der Waals surface area contributed by atoms with Gasteiger partial charge in [-0.2, -0.15) is 0 Å². The van der Waals surface area contributed by atoms with Crippen LogP contribution in [-0.4, -0.2) is 48.8 Å². The molecule has 0 spiro atoms. The van der Waals surface area contributed by atoms with Gasteiger partial charge in [0.15, 0.2) is 0 Å². The van der Waals surface area contributed by atoms with E-state index in [0.29, 0.717) is 12.2 Å². The third-order valence-electron chi connectivity index (χ3n) is 4.98. The Kier molecular flexibility index (Phi) is 7.89. The maximum atomic E-state index is 12.5. The Bertz CT molecular complexity index is 761. The fourth-order valence-corrected chi connectivity index (χ4v) is 3.79. The van der Waals surface area contributed by atoms with E-state index >= 15 is 0 Å². The molecule has 0 saturated carbocycles. The molecule has 1 heterocycles. The van der Waals surface area contributed by atoms with Crippen molar-refractivity contribution in [3.63, 3.8) is 0 Å². The van der Waals surface area contributed by atoms with Crippen LogP contribution in [0.25, 0.3) is 0 Å². The molecule has 2 aromatic rings. The lowest BCUT2D eigenvalue weighted by Crippen LogP contribution is -2.33. The predicted molar refractivity (Wildman–Crippen MR) is 114 cm³/mol. The highest BCUT2D eigenvalue weighted by Crippen LogP contribution is 2.19. The van der Waals surface area contributed by atoms with Crippen molar-refractivity contribution in [1.82, 2.24) is 10.2 Å². The van der Waals surface area contributed by atoms with Gasteiger partial charge in [-0.05, 0) is 67.9 Å². The summed E-state index contributed by atoms with van der Waals surface area (Å²) in [4.78, 5) is 15.0. The number of aliphatic hydroxyl groups is 1. The molecule has 6 heteroatoms. The predicted octanol–water partition coefficient (Wildman–Crippen LogP) is 3.78. The highest BCUT2D eigenvalue weighted by molar-refractivity contribution is 9.10. The quantitative estimate of drug-likeness (QED) is 0.647. The molecule has 1 aliphatic rings. The number of aliphatic hydroxyl groups excluding tert-OH is 1. The van der Waals surface area contributed by atoms with Crippen LogP contribution >= 0.6 is 15.9 Å². The molecular formula is C22H27BrN2O3. The summed E-state index contributed by atoms with van der Waals surface area (Å²) in [5, 5.41) is 12.5. The lowest BCUT2D eigenvalue weighted by Gasteiger charge is -2.26. The first-order chi connectivity index (χ1) is 13.7. The van der Waals surface area contributed by atoms with E-state index in [1.807, 2.05) is 36.4 Å². The monoisotopic (exact) mass is 446 g/mol. The standard InChI is InChI=1S/C22H27BrN2O3/c23-19-6-4-5-18(15-19)21(16-26)24-22(27)17-7-9-20(10-8-17)28-14-13-25-11-2-1-3-12-25/h4-10,15,21,26H,1-3,11-14,16H2,(H,24,27). The van der Waals surface area contributed by atoms with E-state index in [1.54, 1.807) is 12.1 Å². The summed E-state index contributed by atoms with van der Waals surface area (Å²) in [6.45, 7) is 3.74. The molecule has 1 fully saturated rings. The van der Waals surface area contributed by atoms with Gasteiger partial charge in [0.2, 0.25) is 0 Å². The van der Waals surface area contributed by atoms with Crippen LogP contribution in [0.1, 0.15) is 41.2 Å². The summed E-state index contributed by atoms with van der Waals surface area (Å²) in [5.41, 5.74) is 1.39. The van der Waals surface area contributed by atoms with Crippen LogP contribution in [0.15, 0.2) is 53.0 Å². The number of benzene rings is 2. The van der Waals surface area contributed by atoms with Gasteiger partial charge in [0.25, 0.3) is 5.91 Å². The van der Waals surface area contributed by atoms with E-state index in [2.05, 4.69) is 26.1 Å². The topological polar surface area (TPSA) is 61.8 Å². The zero-order valence-corrected chi connectivity index (χ0v) is 17.5. The Hall–Kier alpha value is -1.89. The molecule has 1 atom stereocenters. The van der Waals surface area contributed by atoms with Crippen LogP contribution in [-0.2, 0) is 0 Å². The molecule has 0 aliphatic carbocycles. The molecule has 5 nitrogen and oxygen atoms in total. The van der Waals surface area contributed by atoms with Gasteiger partial charge in [0, 0.05) is 16.6 Å². The molecule has 3 rings (SSSR count). The Morgan fingerprint density at radius 1 is 1.14 bits per heavy atom. The number of hydrogen-bond acceptors (Lipinski definition) is 4. The van der Waals surface area contributed by atoms with Gasteiger partial charge in [-0.3, -0.25) is 9.69 Å². The van der Waals surface area contributed by atoms with E-state index in [0.717, 1.165) is 35.4 Å². The first-order valence-corrected chi connectivity index (χ1v) is 10.6. The van der Waals surface area contributed by atoms with Crippen molar-refractivity contribution in [2.24, 2.45) is 0 Å². The number of rotatable bonds is 8. The van der Waals surface area contributed by atoms with Gasteiger partial charge in [0.05, 0.1) is 12.6 Å². The van der Waals surface area contributed by atoms with Crippen LogP contribution in [0.3, 0.4) is 0 Å². The molecule has 28 heavy (non-hydrogen) atoms. The average Bonchev–Trinajstić information content (AvgIpc) is 2.73. The van der Waals surface area contributed by atoms with Crippen molar-refractivity contribution in [2.75, 3.05) is 32.8 Å². The Morgan fingerprint density at radius 3 is 2.57 bits per heavy atom.